The van der Waals surface area contributed by atoms with Crippen LogP contribution >= 0.6 is 0 Å². The fourth-order valence-electron chi connectivity index (χ4n) is 1.52. The maximum Gasteiger partial charge on any atom is 0.414 e. The van der Waals surface area contributed by atoms with Gasteiger partial charge in [0.1, 0.15) is 11.5 Å². The molecule has 19 heavy (non-hydrogen) atoms. The number of ether oxygens (including phenoxy) is 1. The fraction of sp³-hybridized carbons (Fsp3) is 0.692. The molecule has 0 aliphatic heterocycles. The normalized spacial score (nSPS) is 13.8. The lowest BCUT2D eigenvalue weighted by molar-refractivity contribution is -0.217. The summed E-state index contributed by atoms with van der Waals surface area (Å²) in [7, 11) is 0. The largest absolute Gasteiger partial charge is 0.465 e. The van der Waals surface area contributed by atoms with Gasteiger partial charge < -0.3 is 14.5 Å². The summed E-state index contributed by atoms with van der Waals surface area (Å²) < 4.78 is 47.2. The molecule has 1 N–H and O–H groups in total. The van der Waals surface area contributed by atoms with E-state index in [0.29, 0.717) is 23.6 Å². The van der Waals surface area contributed by atoms with Crippen molar-refractivity contribution in [3.05, 3.63) is 23.2 Å². The molecule has 1 aromatic heterocycles. The molecule has 3 nitrogen and oxygen atoms in total. The van der Waals surface area contributed by atoms with E-state index in [4.69, 9.17) is 9.15 Å². The second-order valence-corrected chi connectivity index (χ2v) is 4.47. The first kappa shape index (κ1) is 16.0. The third kappa shape index (κ3) is 5.24. The number of rotatable bonds is 7. The van der Waals surface area contributed by atoms with E-state index in [0.717, 1.165) is 19.9 Å². The molecule has 0 radical (unpaired) electrons. The van der Waals surface area contributed by atoms with E-state index >= 15 is 0 Å². The maximum atomic E-state index is 12.3. The summed E-state index contributed by atoms with van der Waals surface area (Å²) in [5.41, 5.74) is 0.657. The number of furan rings is 1. The summed E-state index contributed by atoms with van der Waals surface area (Å²) in [4.78, 5) is 0. The van der Waals surface area contributed by atoms with E-state index in [2.05, 4.69) is 12.2 Å². The van der Waals surface area contributed by atoms with Crippen molar-refractivity contribution in [1.29, 1.82) is 0 Å². The third-order valence-corrected chi connectivity index (χ3v) is 2.75. The number of halogens is 3. The van der Waals surface area contributed by atoms with Gasteiger partial charge >= 0.3 is 6.18 Å². The van der Waals surface area contributed by atoms with Gasteiger partial charge in [-0.3, -0.25) is 0 Å². The molecule has 0 aromatic carbocycles. The molecule has 0 aliphatic carbocycles. The van der Waals surface area contributed by atoms with Gasteiger partial charge in [0.15, 0.2) is 6.10 Å². The summed E-state index contributed by atoms with van der Waals surface area (Å²) in [5.74, 6) is 1.31. The molecule has 0 saturated heterocycles. The van der Waals surface area contributed by atoms with E-state index < -0.39 is 12.3 Å². The van der Waals surface area contributed by atoms with Crippen molar-refractivity contribution in [3.8, 4) is 0 Å². The minimum Gasteiger partial charge on any atom is -0.465 e. The first-order chi connectivity index (χ1) is 8.84. The highest BCUT2D eigenvalue weighted by Gasteiger charge is 2.37. The smallest absolute Gasteiger partial charge is 0.414 e. The minimum absolute atomic E-state index is 0.0935. The van der Waals surface area contributed by atoms with Crippen LogP contribution in [0.2, 0.25) is 0 Å². The summed E-state index contributed by atoms with van der Waals surface area (Å²) in [6.45, 7) is 6.13. The standard InChI is InChI=1S/C13H20F3NO2/c1-4-5-17-7-12-6-11(9(2)19-12)8-18-10(3)13(14,15)16/h6,10,17H,4-5,7-8H2,1-3H3. The monoisotopic (exact) mass is 279 g/mol. The zero-order valence-corrected chi connectivity index (χ0v) is 11.4. The Kier molecular flexibility index (Phi) is 5.87. The van der Waals surface area contributed by atoms with E-state index in [1.807, 2.05) is 0 Å². The molecule has 6 heteroatoms. The van der Waals surface area contributed by atoms with Crippen LogP contribution in [0.25, 0.3) is 0 Å². The van der Waals surface area contributed by atoms with E-state index in [9.17, 15) is 13.2 Å². The highest BCUT2D eigenvalue weighted by atomic mass is 19.4. The van der Waals surface area contributed by atoms with Gasteiger partial charge in [0, 0.05) is 5.56 Å². The van der Waals surface area contributed by atoms with Crippen molar-refractivity contribution in [2.24, 2.45) is 0 Å². The van der Waals surface area contributed by atoms with Crippen LogP contribution in [0.15, 0.2) is 10.5 Å². The molecule has 0 spiro atoms. The first-order valence-electron chi connectivity index (χ1n) is 6.31. The van der Waals surface area contributed by atoms with Gasteiger partial charge in [-0.2, -0.15) is 13.2 Å². The molecule has 0 amide bonds. The summed E-state index contributed by atoms with van der Waals surface area (Å²) in [6.07, 6.45) is -5.09. The minimum atomic E-state index is -4.33. The molecule has 1 unspecified atom stereocenters. The number of alkyl halides is 3. The molecule has 1 aromatic rings. The Labute approximate surface area is 111 Å². The summed E-state index contributed by atoms with van der Waals surface area (Å²) >= 11 is 0. The molecule has 0 bridgehead atoms. The predicted octanol–water partition coefficient (Wildman–Crippen LogP) is 3.56. The topological polar surface area (TPSA) is 34.4 Å². The molecular weight excluding hydrogens is 259 g/mol. The average Bonchev–Trinajstić information content (AvgIpc) is 2.66. The van der Waals surface area contributed by atoms with Crippen molar-refractivity contribution in [2.45, 2.75) is 52.6 Å². The highest BCUT2D eigenvalue weighted by Crippen LogP contribution is 2.24. The second kappa shape index (κ2) is 6.96. The van der Waals surface area contributed by atoms with Gasteiger partial charge in [-0.05, 0) is 32.9 Å². The van der Waals surface area contributed by atoms with Crippen molar-refractivity contribution >= 4 is 0 Å². The molecule has 0 aliphatic rings. The lowest BCUT2D eigenvalue weighted by atomic mass is 10.2. The Balaban J connectivity index is 2.50. The number of aryl methyl sites for hydroxylation is 1. The van der Waals surface area contributed by atoms with Crippen molar-refractivity contribution in [2.75, 3.05) is 6.54 Å². The molecule has 1 atom stereocenters. The molecule has 1 rings (SSSR count). The van der Waals surface area contributed by atoms with E-state index in [1.54, 1.807) is 13.0 Å². The highest BCUT2D eigenvalue weighted by molar-refractivity contribution is 5.20. The van der Waals surface area contributed by atoms with E-state index in [1.165, 1.54) is 0 Å². The van der Waals surface area contributed by atoms with Gasteiger partial charge in [-0.25, -0.2) is 0 Å². The van der Waals surface area contributed by atoms with Crippen molar-refractivity contribution in [1.82, 2.24) is 5.32 Å². The maximum absolute atomic E-state index is 12.3. The van der Waals surface area contributed by atoms with Crippen LogP contribution < -0.4 is 5.32 Å². The molecule has 110 valence electrons. The SMILES string of the molecule is CCCNCc1cc(COC(C)C(F)(F)F)c(C)o1. The predicted molar refractivity (Wildman–Crippen MR) is 65.7 cm³/mol. The Bertz CT molecular complexity index is 388. The zero-order chi connectivity index (χ0) is 14.5. The van der Waals surface area contributed by atoms with Gasteiger partial charge in [-0.1, -0.05) is 6.92 Å². The van der Waals surface area contributed by atoms with Crippen LogP contribution in [-0.4, -0.2) is 18.8 Å². The van der Waals surface area contributed by atoms with Crippen molar-refractivity contribution < 1.29 is 22.3 Å². The lowest BCUT2D eigenvalue weighted by Crippen LogP contribution is -2.28. The first-order valence-corrected chi connectivity index (χ1v) is 6.31. The average molecular weight is 279 g/mol. The van der Waals surface area contributed by atoms with Gasteiger partial charge in [0.2, 0.25) is 0 Å². The lowest BCUT2D eigenvalue weighted by Gasteiger charge is -2.15. The second-order valence-electron chi connectivity index (χ2n) is 4.47. The van der Waals surface area contributed by atoms with Crippen LogP contribution in [-0.2, 0) is 17.9 Å². The molecule has 1 heterocycles. The Morgan fingerprint density at radius 1 is 1.42 bits per heavy atom. The summed E-state index contributed by atoms with van der Waals surface area (Å²) in [5, 5.41) is 3.17. The third-order valence-electron chi connectivity index (χ3n) is 2.75. The fourth-order valence-corrected chi connectivity index (χ4v) is 1.52. The Hall–Kier alpha value is -1.01. The molecular formula is C13H20F3NO2. The van der Waals surface area contributed by atoms with Crippen molar-refractivity contribution in [3.63, 3.8) is 0 Å². The van der Waals surface area contributed by atoms with E-state index in [-0.39, 0.29) is 6.61 Å². The number of hydrogen-bond acceptors (Lipinski definition) is 3. The summed E-state index contributed by atoms with van der Waals surface area (Å²) in [6, 6.07) is 1.74. The van der Waals surface area contributed by atoms with Crippen LogP contribution in [0, 0.1) is 6.92 Å². The molecule has 0 saturated carbocycles. The Morgan fingerprint density at radius 3 is 2.68 bits per heavy atom. The van der Waals surface area contributed by atoms with Crippen LogP contribution in [0.4, 0.5) is 13.2 Å². The van der Waals surface area contributed by atoms with Gasteiger partial charge in [-0.15, -0.1) is 0 Å². The van der Waals surface area contributed by atoms with Gasteiger partial charge in [0.05, 0.1) is 13.2 Å². The zero-order valence-electron chi connectivity index (χ0n) is 11.4. The number of hydrogen-bond donors (Lipinski definition) is 1. The molecule has 0 fully saturated rings. The Morgan fingerprint density at radius 2 is 2.11 bits per heavy atom. The van der Waals surface area contributed by atoms with Crippen LogP contribution in [0.3, 0.4) is 0 Å². The van der Waals surface area contributed by atoms with Crippen LogP contribution in [0.5, 0.6) is 0 Å². The quantitative estimate of drug-likeness (QED) is 0.775. The van der Waals surface area contributed by atoms with Crippen LogP contribution in [0.1, 0.15) is 37.4 Å². The van der Waals surface area contributed by atoms with Gasteiger partial charge in [0.25, 0.3) is 0 Å². The number of nitrogens with one attached hydrogen (secondary N) is 1.